The highest BCUT2D eigenvalue weighted by molar-refractivity contribution is 5.61. The van der Waals surface area contributed by atoms with Gasteiger partial charge in [0.25, 0.3) is 0 Å². The maximum Gasteiger partial charge on any atom is 0.150 e. The highest BCUT2D eigenvalue weighted by Crippen LogP contribution is 2.41. The Morgan fingerprint density at radius 3 is 1.96 bits per heavy atom. The molecule has 0 fully saturated rings. The predicted octanol–water partition coefficient (Wildman–Crippen LogP) is 5.55. The number of nitrogens with zero attached hydrogens (tertiary/aromatic N) is 2. The molecule has 0 aromatic heterocycles. The Balaban J connectivity index is 2.23. The van der Waals surface area contributed by atoms with Gasteiger partial charge in [0, 0.05) is 11.0 Å². The number of para-hydroxylation sites is 1. The summed E-state index contributed by atoms with van der Waals surface area (Å²) in [6.45, 7) is 4.17. The zero-order valence-electron chi connectivity index (χ0n) is 14.7. The van der Waals surface area contributed by atoms with Crippen LogP contribution < -0.4 is 4.74 Å². The fraction of sp³-hybridized carbons (Fsp3) is 0.130. The molecule has 0 aliphatic rings. The van der Waals surface area contributed by atoms with Crippen LogP contribution in [0.4, 0.5) is 0 Å². The molecular formula is C23H18N2O. The van der Waals surface area contributed by atoms with Crippen LogP contribution in [0.5, 0.6) is 11.5 Å². The van der Waals surface area contributed by atoms with E-state index >= 15 is 0 Å². The molecule has 126 valence electrons. The molecule has 0 bridgehead atoms. The minimum absolute atomic E-state index is 0.262. The Morgan fingerprint density at radius 2 is 1.38 bits per heavy atom. The number of hydrogen-bond acceptors (Lipinski definition) is 3. The minimum atomic E-state index is -0.398. The van der Waals surface area contributed by atoms with Gasteiger partial charge in [-0.15, -0.1) is 0 Å². The van der Waals surface area contributed by atoms with Gasteiger partial charge >= 0.3 is 0 Å². The average Bonchev–Trinajstić information content (AvgIpc) is 2.68. The first kappa shape index (κ1) is 17.3. The van der Waals surface area contributed by atoms with Crippen molar-refractivity contribution in [2.45, 2.75) is 19.3 Å². The Labute approximate surface area is 153 Å². The van der Waals surface area contributed by atoms with Gasteiger partial charge in [0.2, 0.25) is 0 Å². The summed E-state index contributed by atoms with van der Waals surface area (Å²) in [7, 11) is 0. The molecule has 0 amide bonds. The van der Waals surface area contributed by atoms with Crippen LogP contribution in [0.15, 0.2) is 72.8 Å². The quantitative estimate of drug-likeness (QED) is 0.627. The van der Waals surface area contributed by atoms with Crippen molar-refractivity contribution in [1.82, 2.24) is 0 Å². The fourth-order valence-electron chi connectivity index (χ4n) is 3.00. The SMILES string of the molecule is CC(C)(c1ccccc1)c1ccc(C#N)c(C#N)c1Oc1ccccc1. The third-order valence-corrected chi connectivity index (χ3v) is 4.52. The molecule has 3 rings (SSSR count). The summed E-state index contributed by atoms with van der Waals surface area (Å²) in [5, 5.41) is 19.1. The second-order valence-electron chi connectivity index (χ2n) is 6.49. The standard InChI is InChI=1S/C23H18N2O/c1-23(2,18-9-5-3-6-10-18)21-14-13-17(15-24)20(16-25)22(21)26-19-11-7-4-8-12-19/h3-14H,1-2H3. The molecule has 3 heteroatoms. The Bertz CT molecular complexity index is 994. The van der Waals surface area contributed by atoms with Crippen molar-refractivity contribution in [3.63, 3.8) is 0 Å². The molecular weight excluding hydrogens is 320 g/mol. The second-order valence-corrected chi connectivity index (χ2v) is 6.49. The molecule has 0 unspecified atom stereocenters. The normalized spacial score (nSPS) is 10.6. The third-order valence-electron chi connectivity index (χ3n) is 4.52. The molecule has 0 heterocycles. The van der Waals surface area contributed by atoms with Crippen molar-refractivity contribution in [3.05, 3.63) is 95.1 Å². The molecule has 26 heavy (non-hydrogen) atoms. The molecule has 0 spiro atoms. The number of ether oxygens (including phenoxy) is 1. The lowest BCUT2D eigenvalue weighted by molar-refractivity contribution is 0.460. The number of benzene rings is 3. The molecule has 0 aliphatic carbocycles. The van der Waals surface area contributed by atoms with Crippen LogP contribution in [0.25, 0.3) is 0 Å². The van der Waals surface area contributed by atoms with Crippen LogP contribution in [0.2, 0.25) is 0 Å². The van der Waals surface area contributed by atoms with Crippen molar-refractivity contribution < 1.29 is 4.74 Å². The largest absolute Gasteiger partial charge is 0.456 e. The fourth-order valence-corrected chi connectivity index (χ4v) is 3.00. The molecule has 0 saturated carbocycles. The van der Waals surface area contributed by atoms with E-state index in [2.05, 4.69) is 38.1 Å². The first-order valence-corrected chi connectivity index (χ1v) is 8.34. The first-order valence-electron chi connectivity index (χ1n) is 8.34. The van der Waals surface area contributed by atoms with E-state index in [1.54, 1.807) is 6.07 Å². The van der Waals surface area contributed by atoms with Crippen LogP contribution in [-0.4, -0.2) is 0 Å². The number of hydrogen-bond donors (Lipinski definition) is 0. The van der Waals surface area contributed by atoms with Crippen LogP contribution in [-0.2, 0) is 5.41 Å². The van der Waals surface area contributed by atoms with Gasteiger partial charge in [-0.2, -0.15) is 10.5 Å². The molecule has 0 atom stereocenters. The van der Waals surface area contributed by atoms with Gasteiger partial charge in [0.1, 0.15) is 23.5 Å². The smallest absolute Gasteiger partial charge is 0.150 e. The summed E-state index contributed by atoms with van der Waals surface area (Å²) in [6, 6.07) is 27.2. The maximum atomic E-state index is 9.69. The molecule has 0 N–H and O–H groups in total. The van der Waals surface area contributed by atoms with Gasteiger partial charge in [-0.1, -0.05) is 68.4 Å². The summed E-state index contributed by atoms with van der Waals surface area (Å²) >= 11 is 0. The van der Waals surface area contributed by atoms with Gasteiger partial charge in [0.15, 0.2) is 5.75 Å². The summed E-state index contributed by atoms with van der Waals surface area (Å²) in [6.07, 6.45) is 0. The molecule has 3 nitrogen and oxygen atoms in total. The minimum Gasteiger partial charge on any atom is -0.456 e. The van der Waals surface area contributed by atoms with E-state index < -0.39 is 5.41 Å². The van der Waals surface area contributed by atoms with E-state index in [4.69, 9.17) is 4.74 Å². The van der Waals surface area contributed by atoms with Crippen molar-refractivity contribution in [2.24, 2.45) is 0 Å². The van der Waals surface area contributed by atoms with Crippen molar-refractivity contribution in [1.29, 1.82) is 10.5 Å². The first-order chi connectivity index (χ1) is 12.6. The average molecular weight is 338 g/mol. The lowest BCUT2D eigenvalue weighted by Crippen LogP contribution is -2.20. The van der Waals surface area contributed by atoms with Crippen molar-refractivity contribution in [3.8, 4) is 23.6 Å². The molecule has 0 radical (unpaired) electrons. The van der Waals surface area contributed by atoms with E-state index in [-0.39, 0.29) is 5.56 Å². The summed E-state index contributed by atoms with van der Waals surface area (Å²) in [5.41, 5.74) is 2.14. The molecule has 3 aromatic rings. The van der Waals surface area contributed by atoms with Crippen LogP contribution in [0, 0.1) is 22.7 Å². The zero-order chi connectivity index (χ0) is 18.6. The maximum absolute atomic E-state index is 9.69. The summed E-state index contributed by atoms with van der Waals surface area (Å²) < 4.78 is 6.11. The van der Waals surface area contributed by atoms with E-state index in [1.807, 2.05) is 54.6 Å². The number of nitriles is 2. The predicted molar refractivity (Wildman–Crippen MR) is 101 cm³/mol. The topological polar surface area (TPSA) is 56.8 Å². The van der Waals surface area contributed by atoms with Gasteiger partial charge in [-0.25, -0.2) is 0 Å². The summed E-state index contributed by atoms with van der Waals surface area (Å²) in [5.74, 6) is 1.07. The Hall–Kier alpha value is -3.56. The lowest BCUT2D eigenvalue weighted by Gasteiger charge is -2.29. The molecule has 3 aromatic carbocycles. The van der Waals surface area contributed by atoms with Gasteiger partial charge in [-0.05, 0) is 23.8 Å². The van der Waals surface area contributed by atoms with Crippen LogP contribution in [0.3, 0.4) is 0 Å². The second kappa shape index (κ2) is 7.13. The molecule has 0 aliphatic heterocycles. The van der Waals surface area contributed by atoms with Crippen molar-refractivity contribution >= 4 is 0 Å². The van der Waals surface area contributed by atoms with Crippen LogP contribution in [0.1, 0.15) is 36.1 Å². The third kappa shape index (κ3) is 3.16. The highest BCUT2D eigenvalue weighted by Gasteiger charge is 2.29. The van der Waals surface area contributed by atoms with Gasteiger partial charge in [-0.3, -0.25) is 0 Å². The van der Waals surface area contributed by atoms with E-state index in [0.717, 1.165) is 11.1 Å². The Morgan fingerprint density at radius 1 is 0.769 bits per heavy atom. The van der Waals surface area contributed by atoms with Gasteiger partial charge in [0.05, 0.1) is 5.56 Å². The molecule has 0 saturated heterocycles. The van der Waals surface area contributed by atoms with Crippen molar-refractivity contribution in [2.75, 3.05) is 0 Å². The number of rotatable bonds is 4. The van der Waals surface area contributed by atoms with E-state index in [0.29, 0.717) is 17.1 Å². The van der Waals surface area contributed by atoms with E-state index in [1.165, 1.54) is 0 Å². The lowest BCUT2D eigenvalue weighted by atomic mass is 9.76. The zero-order valence-corrected chi connectivity index (χ0v) is 14.7. The summed E-state index contributed by atoms with van der Waals surface area (Å²) in [4.78, 5) is 0. The Kier molecular flexibility index (Phi) is 4.74. The van der Waals surface area contributed by atoms with Crippen LogP contribution >= 0.6 is 0 Å². The van der Waals surface area contributed by atoms with Gasteiger partial charge < -0.3 is 4.74 Å². The monoisotopic (exact) mass is 338 g/mol. The highest BCUT2D eigenvalue weighted by atomic mass is 16.5. The van der Waals surface area contributed by atoms with E-state index in [9.17, 15) is 10.5 Å².